The quantitative estimate of drug-likeness (QED) is 0.414. The van der Waals surface area contributed by atoms with E-state index in [0.717, 1.165) is 23.4 Å². The molecule has 0 saturated carbocycles. The molecule has 0 unspecified atom stereocenters. The number of halogens is 3. The van der Waals surface area contributed by atoms with Crippen LogP contribution in [0.1, 0.15) is 18.1 Å². The predicted molar refractivity (Wildman–Crippen MR) is 107 cm³/mol. The third-order valence-corrected chi connectivity index (χ3v) is 4.35. The van der Waals surface area contributed by atoms with Crippen molar-refractivity contribution in [1.29, 1.82) is 0 Å². The molecule has 0 amide bonds. The van der Waals surface area contributed by atoms with E-state index in [2.05, 4.69) is 15.3 Å². The van der Waals surface area contributed by atoms with Crippen molar-refractivity contribution in [2.45, 2.75) is 20.0 Å². The smallest absolute Gasteiger partial charge is 0.334 e. The van der Waals surface area contributed by atoms with Crippen molar-refractivity contribution in [2.24, 2.45) is 0 Å². The molecule has 0 atom stereocenters. The van der Waals surface area contributed by atoms with Crippen molar-refractivity contribution in [3.8, 4) is 0 Å². The van der Waals surface area contributed by atoms with Crippen molar-refractivity contribution in [1.82, 2.24) is 9.97 Å². The van der Waals surface area contributed by atoms with Gasteiger partial charge in [0, 0.05) is 17.9 Å². The van der Waals surface area contributed by atoms with Gasteiger partial charge in [-0.05, 0) is 55.8 Å². The average molecular weight is 417 g/mol. The Balaban J connectivity index is 2.02. The second-order valence-corrected chi connectivity index (χ2v) is 6.43. The predicted octanol–water partition coefficient (Wildman–Crippen LogP) is 5.61. The summed E-state index contributed by atoms with van der Waals surface area (Å²) in [6.45, 7) is 4.14. The summed E-state index contributed by atoms with van der Waals surface area (Å²) in [5.41, 5.74) is 0.739. The van der Waals surface area contributed by atoms with E-state index in [0.29, 0.717) is 6.54 Å². The van der Waals surface area contributed by atoms with E-state index >= 15 is 0 Å². The Hall–Kier alpha value is -3.69. The molecular formula is C20H18F3N5O2. The molecule has 156 valence electrons. The van der Waals surface area contributed by atoms with Gasteiger partial charge in [0.2, 0.25) is 11.6 Å². The number of nitrogens with one attached hydrogen (secondary N) is 1. The Morgan fingerprint density at radius 1 is 1.13 bits per heavy atom. The highest BCUT2D eigenvalue weighted by Crippen LogP contribution is 2.37. The Bertz CT molecular complexity index is 1060. The second-order valence-electron chi connectivity index (χ2n) is 6.43. The summed E-state index contributed by atoms with van der Waals surface area (Å²) in [5, 5.41) is 14.6. The van der Waals surface area contributed by atoms with E-state index in [1.807, 2.05) is 38.1 Å². The summed E-state index contributed by atoms with van der Waals surface area (Å²) in [6, 6.07) is 11.6. The molecule has 3 rings (SSSR count). The van der Waals surface area contributed by atoms with Crippen LogP contribution in [-0.2, 0) is 6.18 Å². The monoisotopic (exact) mass is 417 g/mol. The molecule has 0 aliphatic rings. The first-order chi connectivity index (χ1) is 14.2. The normalized spacial score (nSPS) is 11.2. The fourth-order valence-corrected chi connectivity index (χ4v) is 2.96. The Morgan fingerprint density at radius 3 is 2.40 bits per heavy atom. The van der Waals surface area contributed by atoms with Crippen molar-refractivity contribution in [3.63, 3.8) is 0 Å². The van der Waals surface area contributed by atoms with Gasteiger partial charge in [-0.2, -0.15) is 13.2 Å². The van der Waals surface area contributed by atoms with E-state index in [-0.39, 0.29) is 23.0 Å². The Morgan fingerprint density at radius 2 is 1.83 bits per heavy atom. The fraction of sp³-hybridized carbons (Fsp3) is 0.200. The zero-order valence-electron chi connectivity index (χ0n) is 16.1. The lowest BCUT2D eigenvalue weighted by atomic mass is 10.2. The third kappa shape index (κ3) is 4.48. The van der Waals surface area contributed by atoms with Crippen molar-refractivity contribution >= 4 is 28.7 Å². The molecule has 0 bridgehead atoms. The van der Waals surface area contributed by atoms with Crippen molar-refractivity contribution < 1.29 is 18.1 Å². The van der Waals surface area contributed by atoms with Crippen molar-refractivity contribution in [3.05, 3.63) is 76.1 Å². The number of nitro groups is 1. The van der Waals surface area contributed by atoms with Crippen LogP contribution in [0.25, 0.3) is 0 Å². The van der Waals surface area contributed by atoms with E-state index in [1.165, 1.54) is 18.5 Å². The van der Waals surface area contributed by atoms with E-state index in [1.54, 1.807) is 4.90 Å². The van der Waals surface area contributed by atoms with Gasteiger partial charge in [-0.25, -0.2) is 9.97 Å². The molecular weight excluding hydrogens is 399 g/mol. The molecule has 0 aliphatic heterocycles. The zero-order chi connectivity index (χ0) is 21.9. The Labute approximate surface area is 170 Å². The third-order valence-electron chi connectivity index (χ3n) is 4.35. The van der Waals surface area contributed by atoms with Gasteiger partial charge in [0.1, 0.15) is 6.33 Å². The first-order valence-corrected chi connectivity index (χ1v) is 8.98. The molecule has 0 radical (unpaired) electrons. The topological polar surface area (TPSA) is 84.2 Å². The van der Waals surface area contributed by atoms with Crippen LogP contribution in [-0.4, -0.2) is 21.4 Å². The van der Waals surface area contributed by atoms with Crippen molar-refractivity contribution in [2.75, 3.05) is 16.8 Å². The SMILES string of the molecule is CCN(c1cccc(C)c1)c1ncnc(Nc2ccc(C(F)(F)F)cc2)c1[N+](=O)[O-]. The fourth-order valence-electron chi connectivity index (χ4n) is 2.96. The number of rotatable bonds is 6. The van der Waals surface area contributed by atoms with Crippen LogP contribution in [0.5, 0.6) is 0 Å². The van der Waals surface area contributed by atoms with Gasteiger partial charge in [-0.3, -0.25) is 10.1 Å². The molecule has 0 saturated heterocycles. The minimum absolute atomic E-state index is 0.0810. The van der Waals surface area contributed by atoms with Crippen LogP contribution in [0.15, 0.2) is 54.9 Å². The lowest BCUT2D eigenvalue weighted by molar-refractivity contribution is -0.383. The Kier molecular flexibility index (Phi) is 5.86. The number of hydrogen-bond donors (Lipinski definition) is 1. The number of anilines is 4. The zero-order valence-corrected chi connectivity index (χ0v) is 16.1. The highest BCUT2D eigenvalue weighted by Gasteiger charge is 2.30. The maximum Gasteiger partial charge on any atom is 0.416 e. The maximum absolute atomic E-state index is 12.8. The van der Waals surface area contributed by atoms with Gasteiger partial charge in [-0.15, -0.1) is 0 Å². The molecule has 3 aromatic rings. The number of alkyl halides is 3. The molecule has 30 heavy (non-hydrogen) atoms. The molecule has 10 heteroatoms. The summed E-state index contributed by atoms with van der Waals surface area (Å²) in [4.78, 5) is 21.0. The largest absolute Gasteiger partial charge is 0.416 e. The first kappa shape index (κ1) is 21.0. The molecule has 1 N–H and O–H groups in total. The molecule has 0 spiro atoms. The van der Waals surface area contributed by atoms with E-state index in [4.69, 9.17) is 0 Å². The van der Waals surface area contributed by atoms with Gasteiger partial charge in [0.25, 0.3) is 0 Å². The van der Waals surface area contributed by atoms with E-state index in [9.17, 15) is 23.3 Å². The molecule has 0 aliphatic carbocycles. The van der Waals surface area contributed by atoms with Crippen LogP contribution >= 0.6 is 0 Å². The van der Waals surface area contributed by atoms with Gasteiger partial charge >= 0.3 is 11.9 Å². The summed E-state index contributed by atoms with van der Waals surface area (Å²) in [5.74, 6) is -0.0339. The van der Waals surface area contributed by atoms with Crippen LogP contribution in [0.4, 0.5) is 41.9 Å². The molecule has 7 nitrogen and oxygen atoms in total. The summed E-state index contributed by atoms with van der Waals surface area (Å²) in [6.07, 6.45) is -3.30. The molecule has 0 fully saturated rings. The van der Waals surface area contributed by atoms with Gasteiger partial charge in [0.15, 0.2) is 0 Å². The lowest BCUT2D eigenvalue weighted by Crippen LogP contribution is -2.20. The second kappa shape index (κ2) is 8.36. The molecule has 1 aromatic heterocycles. The summed E-state index contributed by atoms with van der Waals surface area (Å²) in [7, 11) is 0. The lowest BCUT2D eigenvalue weighted by Gasteiger charge is -2.22. The highest BCUT2D eigenvalue weighted by atomic mass is 19.4. The van der Waals surface area contributed by atoms with Gasteiger partial charge in [-0.1, -0.05) is 12.1 Å². The minimum Gasteiger partial charge on any atom is -0.334 e. The van der Waals surface area contributed by atoms with Crippen LogP contribution < -0.4 is 10.2 Å². The van der Waals surface area contributed by atoms with Crippen LogP contribution in [0, 0.1) is 17.0 Å². The number of aryl methyl sites for hydroxylation is 1. The number of hydrogen-bond acceptors (Lipinski definition) is 6. The first-order valence-electron chi connectivity index (χ1n) is 8.98. The van der Waals surface area contributed by atoms with Crippen LogP contribution in [0.2, 0.25) is 0 Å². The van der Waals surface area contributed by atoms with Crippen LogP contribution in [0.3, 0.4) is 0 Å². The van der Waals surface area contributed by atoms with Gasteiger partial charge in [0.05, 0.1) is 10.5 Å². The summed E-state index contributed by atoms with van der Waals surface area (Å²) < 4.78 is 38.3. The standard InChI is InChI=1S/C20H18F3N5O2/c1-3-27(16-6-4-5-13(2)11-16)19-17(28(29)30)18(24-12-25-19)26-15-9-7-14(8-10-15)20(21,22)23/h4-12H,3H2,1-2H3,(H,24,25,26). The minimum atomic E-state index is -4.47. The molecule has 1 heterocycles. The summed E-state index contributed by atoms with van der Waals surface area (Å²) >= 11 is 0. The number of benzene rings is 2. The number of aromatic nitrogens is 2. The number of nitrogens with zero attached hydrogens (tertiary/aromatic N) is 4. The maximum atomic E-state index is 12.8. The van der Waals surface area contributed by atoms with Gasteiger partial charge < -0.3 is 10.2 Å². The van der Waals surface area contributed by atoms with E-state index < -0.39 is 16.7 Å². The average Bonchev–Trinajstić information content (AvgIpc) is 2.68. The molecule has 2 aromatic carbocycles. The highest BCUT2D eigenvalue weighted by molar-refractivity contribution is 5.78.